The quantitative estimate of drug-likeness (QED) is 0.123. The van der Waals surface area contributed by atoms with Gasteiger partial charge in [-0.3, -0.25) is 14.4 Å². The number of benzene rings is 1. The number of aliphatic imine (C=N–C) groups is 1. The zero-order valence-electron chi connectivity index (χ0n) is 30.8. The van der Waals surface area contributed by atoms with Crippen LogP contribution in [0, 0.1) is 0 Å². The molecule has 1 fully saturated rings. The van der Waals surface area contributed by atoms with Gasteiger partial charge in [-0.05, 0) is 50.8 Å². The number of cyclic esters (lactones) is 1. The predicted molar refractivity (Wildman–Crippen MR) is 204 cm³/mol. The van der Waals surface area contributed by atoms with Gasteiger partial charge in [0.1, 0.15) is 12.6 Å². The van der Waals surface area contributed by atoms with Crippen LogP contribution in [0.25, 0.3) is 22.3 Å². The first-order chi connectivity index (χ1) is 25.6. The van der Waals surface area contributed by atoms with Gasteiger partial charge in [0, 0.05) is 23.7 Å². The van der Waals surface area contributed by atoms with Crippen LogP contribution >= 0.6 is 12.4 Å². The number of hydrogen-bond acceptors (Lipinski definition) is 11. The van der Waals surface area contributed by atoms with E-state index in [1.54, 1.807) is 24.5 Å². The SMILES string of the molecule is CCCCCN1C=Nc2cccc3nc4c(c1c23)Cn1c-4cc2c(c1=O)COC(=O)[C@@]2(CC)OC(=O)C[C@@H](NC(=O)C(C)NC1CCCCC1)C(=O)O.Cl. The Bertz CT molecular complexity index is 2080. The molecule has 4 aliphatic rings. The highest BCUT2D eigenvalue weighted by Crippen LogP contribution is 2.47. The van der Waals surface area contributed by atoms with E-state index in [-0.39, 0.29) is 49.1 Å². The minimum Gasteiger partial charge on any atom is -0.480 e. The van der Waals surface area contributed by atoms with Crippen LogP contribution in [0.1, 0.15) is 102 Å². The van der Waals surface area contributed by atoms with Crippen LogP contribution in [0.4, 0.5) is 11.4 Å². The second-order valence-electron chi connectivity index (χ2n) is 14.5. The number of nitrogens with one attached hydrogen (secondary N) is 2. The second-order valence-corrected chi connectivity index (χ2v) is 14.5. The van der Waals surface area contributed by atoms with Crippen LogP contribution in [0.2, 0.25) is 0 Å². The van der Waals surface area contributed by atoms with Crippen molar-refractivity contribution in [2.45, 2.75) is 122 Å². The van der Waals surface area contributed by atoms with Crippen molar-refractivity contribution in [1.29, 1.82) is 0 Å². The van der Waals surface area contributed by atoms with Gasteiger partial charge in [-0.15, -0.1) is 12.4 Å². The summed E-state index contributed by atoms with van der Waals surface area (Å²) in [6.07, 6.45) is 9.20. The number of amides is 1. The zero-order valence-corrected chi connectivity index (χ0v) is 31.6. The number of esters is 2. The van der Waals surface area contributed by atoms with Crippen LogP contribution in [-0.2, 0) is 47.4 Å². The monoisotopic (exact) mass is 762 g/mol. The Kier molecular flexibility index (Phi) is 11.4. The molecule has 3 aromatic rings. The number of carbonyl (C=O) groups is 4. The first-order valence-corrected chi connectivity index (χ1v) is 18.8. The Labute approximate surface area is 319 Å². The second kappa shape index (κ2) is 15.9. The third-order valence-corrected chi connectivity index (χ3v) is 11.0. The minimum atomic E-state index is -2.03. The molecule has 3 aliphatic heterocycles. The number of nitrogens with zero attached hydrogens (tertiary/aromatic N) is 4. The van der Waals surface area contributed by atoms with Gasteiger partial charge in [-0.2, -0.15) is 0 Å². The Morgan fingerprint density at radius 2 is 1.89 bits per heavy atom. The largest absolute Gasteiger partial charge is 0.480 e. The van der Waals surface area contributed by atoms with Crippen LogP contribution in [0.15, 0.2) is 34.1 Å². The molecule has 1 unspecified atom stereocenters. The third-order valence-electron chi connectivity index (χ3n) is 11.0. The predicted octanol–water partition coefficient (Wildman–Crippen LogP) is 4.99. The minimum absolute atomic E-state index is 0. The molecule has 14 nitrogen and oxygen atoms in total. The molecule has 0 saturated heterocycles. The summed E-state index contributed by atoms with van der Waals surface area (Å²) in [6.45, 7) is 6.09. The Hall–Kier alpha value is -4.82. The molecule has 1 amide bonds. The van der Waals surface area contributed by atoms with E-state index in [1.165, 1.54) is 0 Å². The van der Waals surface area contributed by atoms with Crippen LogP contribution in [0.5, 0.6) is 0 Å². The topological polar surface area (TPSA) is 182 Å². The van der Waals surface area contributed by atoms with Gasteiger partial charge < -0.3 is 34.7 Å². The van der Waals surface area contributed by atoms with E-state index in [0.29, 0.717) is 16.9 Å². The number of ether oxygens (including phenoxy) is 2. The lowest BCUT2D eigenvalue weighted by Gasteiger charge is -2.36. The Balaban J connectivity index is 0.00000497. The molecule has 0 bridgehead atoms. The van der Waals surface area contributed by atoms with Crippen molar-refractivity contribution in [3.05, 3.63) is 51.3 Å². The fourth-order valence-electron chi connectivity index (χ4n) is 8.16. The molecule has 5 heterocycles. The molecule has 54 heavy (non-hydrogen) atoms. The fourth-order valence-corrected chi connectivity index (χ4v) is 8.16. The number of aromatic nitrogens is 2. The van der Waals surface area contributed by atoms with Crippen molar-refractivity contribution in [3.8, 4) is 11.4 Å². The molecule has 7 rings (SSSR count). The maximum absolute atomic E-state index is 14.3. The average molecular weight is 763 g/mol. The number of halogens is 1. The van der Waals surface area contributed by atoms with Crippen LogP contribution in [-0.4, -0.2) is 69.5 Å². The normalized spacial score (nSPS) is 19.5. The molecule has 1 aliphatic carbocycles. The molecule has 0 radical (unpaired) electrons. The lowest BCUT2D eigenvalue weighted by atomic mass is 9.85. The van der Waals surface area contributed by atoms with E-state index < -0.39 is 53.5 Å². The van der Waals surface area contributed by atoms with Gasteiger partial charge in [0.15, 0.2) is 0 Å². The van der Waals surface area contributed by atoms with Gasteiger partial charge in [-0.25, -0.2) is 19.6 Å². The molecule has 288 valence electrons. The van der Waals surface area contributed by atoms with Crippen LogP contribution in [0.3, 0.4) is 0 Å². The van der Waals surface area contributed by atoms with Crippen molar-refractivity contribution in [2.75, 3.05) is 11.4 Å². The van der Waals surface area contributed by atoms with Crippen molar-refractivity contribution < 1.29 is 33.8 Å². The first kappa shape index (κ1) is 38.9. The molecule has 1 aromatic carbocycles. The summed E-state index contributed by atoms with van der Waals surface area (Å²) in [4.78, 5) is 78.6. The van der Waals surface area contributed by atoms with E-state index in [4.69, 9.17) is 19.5 Å². The number of hydrogen-bond donors (Lipinski definition) is 3. The number of rotatable bonds is 13. The molecule has 3 N–H and O–H groups in total. The summed E-state index contributed by atoms with van der Waals surface area (Å²) in [5.74, 6) is -3.90. The first-order valence-electron chi connectivity index (χ1n) is 18.8. The van der Waals surface area contributed by atoms with Gasteiger partial charge in [-0.1, -0.05) is 52.0 Å². The van der Waals surface area contributed by atoms with E-state index in [0.717, 1.165) is 80.2 Å². The van der Waals surface area contributed by atoms with E-state index in [2.05, 4.69) is 22.5 Å². The number of pyridine rings is 2. The maximum atomic E-state index is 14.3. The lowest BCUT2D eigenvalue weighted by Crippen LogP contribution is -2.53. The van der Waals surface area contributed by atoms with Gasteiger partial charge in [0.05, 0.1) is 64.6 Å². The number of carboxylic acid groups (broad SMARTS) is 1. The summed E-state index contributed by atoms with van der Waals surface area (Å²) in [5.41, 5.74) is 2.29. The molecule has 0 spiro atoms. The van der Waals surface area contributed by atoms with Gasteiger partial charge in [0.2, 0.25) is 11.5 Å². The Morgan fingerprint density at radius 3 is 2.61 bits per heavy atom. The molecule has 15 heteroatoms. The van der Waals surface area contributed by atoms with Crippen molar-refractivity contribution >= 4 is 64.8 Å². The van der Waals surface area contributed by atoms with Crippen molar-refractivity contribution in [1.82, 2.24) is 20.2 Å². The molecule has 2 aromatic heterocycles. The Morgan fingerprint density at radius 1 is 1.11 bits per heavy atom. The highest BCUT2D eigenvalue weighted by molar-refractivity contribution is 6.11. The number of unbranched alkanes of at least 4 members (excludes halogenated alkanes) is 2. The number of carboxylic acids is 1. The molecule has 3 atom stereocenters. The van der Waals surface area contributed by atoms with Gasteiger partial charge >= 0.3 is 17.9 Å². The number of fused-ring (bicyclic) bond motifs is 5. The smallest absolute Gasteiger partial charge is 0.355 e. The zero-order chi connectivity index (χ0) is 37.4. The van der Waals surface area contributed by atoms with Crippen molar-refractivity contribution in [2.24, 2.45) is 4.99 Å². The standard InChI is InChI=1S/C39H46N6O8.ClH/c1-4-6-10-16-44-21-40-27-14-11-15-28-32(27)34(44)24-19-45-30(33(24)42-28)17-26-25(36(45)48)20-52-38(51)39(26,5-2)53-31(46)18-29(37(49)50)43-35(47)22(3)41-23-12-8-7-9-13-23;/h11,14-15,17,21-23,29,41H,4-10,12-13,16,18-20H2,1-3H3,(H,43,47)(H,49,50);1H/t22?,29-,39+;/m1./s1. The number of anilines is 1. The molecular formula is C39H47ClN6O8. The van der Waals surface area contributed by atoms with E-state index in [1.807, 2.05) is 24.5 Å². The van der Waals surface area contributed by atoms with E-state index >= 15 is 0 Å². The summed E-state index contributed by atoms with van der Waals surface area (Å²) in [6, 6.07) is 5.28. The third kappa shape index (κ3) is 6.97. The lowest BCUT2D eigenvalue weighted by molar-refractivity contribution is -0.190. The van der Waals surface area contributed by atoms with Crippen molar-refractivity contribution in [3.63, 3.8) is 0 Å². The summed E-state index contributed by atoms with van der Waals surface area (Å²) >= 11 is 0. The number of aliphatic carboxylic acids is 1. The summed E-state index contributed by atoms with van der Waals surface area (Å²) < 4.78 is 13.0. The number of carbonyl (C=O) groups excluding carboxylic acids is 3. The van der Waals surface area contributed by atoms with Crippen LogP contribution < -0.4 is 21.1 Å². The molecule has 1 saturated carbocycles. The van der Waals surface area contributed by atoms with Gasteiger partial charge in [0.25, 0.3) is 5.56 Å². The summed E-state index contributed by atoms with van der Waals surface area (Å²) in [5, 5.41) is 16.6. The molecular weight excluding hydrogens is 716 g/mol. The fraction of sp³-hybridized carbons (Fsp3) is 0.513. The average Bonchev–Trinajstić information content (AvgIpc) is 3.52. The summed E-state index contributed by atoms with van der Waals surface area (Å²) in [7, 11) is 0. The maximum Gasteiger partial charge on any atom is 0.355 e. The van der Waals surface area contributed by atoms with E-state index in [9.17, 15) is 29.1 Å². The highest BCUT2D eigenvalue weighted by Gasteiger charge is 2.51. The highest BCUT2D eigenvalue weighted by atomic mass is 35.5.